The van der Waals surface area contributed by atoms with Crippen molar-refractivity contribution in [3.63, 3.8) is 0 Å². The highest BCUT2D eigenvalue weighted by atomic mass is 16.6. The third-order valence-electron chi connectivity index (χ3n) is 3.91. The molecule has 1 saturated heterocycles. The van der Waals surface area contributed by atoms with Gasteiger partial charge in [0, 0.05) is 6.42 Å². The molecule has 1 unspecified atom stereocenters. The fraction of sp³-hybridized carbons (Fsp3) is 0.600. The van der Waals surface area contributed by atoms with Crippen LogP contribution in [0.1, 0.15) is 39.7 Å². The van der Waals surface area contributed by atoms with Crippen LogP contribution in [0.2, 0.25) is 0 Å². The number of hydrogen-bond acceptors (Lipinski definition) is 5. The highest BCUT2D eigenvalue weighted by Crippen LogP contribution is 2.34. The Morgan fingerprint density at radius 3 is 2.76 bits per heavy atom. The number of nitrogens with zero attached hydrogens (tertiary/aromatic N) is 1. The second kappa shape index (κ2) is 5.51. The summed E-state index contributed by atoms with van der Waals surface area (Å²) >= 11 is 0. The van der Waals surface area contributed by atoms with Gasteiger partial charge in [-0.15, -0.1) is 0 Å². The minimum absolute atomic E-state index is 0.0820. The molecule has 2 rings (SSSR count). The van der Waals surface area contributed by atoms with E-state index >= 15 is 0 Å². The number of aromatic nitrogens is 2. The fourth-order valence-corrected chi connectivity index (χ4v) is 1.93. The summed E-state index contributed by atoms with van der Waals surface area (Å²) in [6.45, 7) is 8.51. The fourth-order valence-electron chi connectivity index (χ4n) is 1.93. The van der Waals surface area contributed by atoms with Crippen LogP contribution < -0.4 is 11.3 Å². The van der Waals surface area contributed by atoms with Gasteiger partial charge in [-0.3, -0.25) is 9.78 Å². The first kappa shape index (κ1) is 15.5. The lowest BCUT2D eigenvalue weighted by Gasteiger charge is -2.47. The molecule has 21 heavy (non-hydrogen) atoms. The summed E-state index contributed by atoms with van der Waals surface area (Å²) in [4.78, 5) is 17.8. The van der Waals surface area contributed by atoms with E-state index in [1.165, 1.54) is 6.20 Å². The average molecular weight is 291 g/mol. The Bertz CT molecular complexity index is 638. The Kier molecular flexibility index (Phi) is 4.08. The minimum atomic E-state index is -0.391. The summed E-state index contributed by atoms with van der Waals surface area (Å²) in [6, 6.07) is 0. The molecule has 1 aromatic rings. The van der Waals surface area contributed by atoms with Crippen molar-refractivity contribution in [1.82, 2.24) is 9.97 Å². The van der Waals surface area contributed by atoms with Gasteiger partial charge in [-0.05, 0) is 27.7 Å². The summed E-state index contributed by atoms with van der Waals surface area (Å²) in [5.41, 5.74) is 4.60. The molecule has 1 aliphatic rings. The normalized spacial score (nSPS) is 23.1. The van der Waals surface area contributed by atoms with Gasteiger partial charge in [-0.1, -0.05) is 11.8 Å². The van der Waals surface area contributed by atoms with Crippen molar-refractivity contribution in [2.75, 3.05) is 12.3 Å². The van der Waals surface area contributed by atoms with Crippen molar-refractivity contribution in [3.8, 4) is 11.8 Å². The molecule has 0 amide bonds. The molecule has 0 spiro atoms. The zero-order valence-corrected chi connectivity index (χ0v) is 12.8. The molecule has 1 atom stereocenters. The topological polar surface area (TPSA) is 90.2 Å². The molecule has 1 aromatic heterocycles. The smallest absolute Gasteiger partial charge is 0.268 e. The lowest BCUT2D eigenvalue weighted by Crippen LogP contribution is -2.56. The molecule has 0 aliphatic carbocycles. The standard InChI is InChI=1S/C15H21N3O3/c1-14(2)15(3,4)21-11(9-20-14)7-5-6-10-8-17-13(16)18-12(10)19/h8,11H,7,9H2,1-4H3,(H3,16,17,18,19). The lowest BCUT2D eigenvalue weighted by molar-refractivity contribution is -0.260. The third-order valence-corrected chi connectivity index (χ3v) is 3.91. The molecule has 0 bridgehead atoms. The Morgan fingerprint density at radius 2 is 2.14 bits per heavy atom. The molecule has 0 aromatic carbocycles. The van der Waals surface area contributed by atoms with E-state index in [-0.39, 0.29) is 23.2 Å². The molecule has 0 radical (unpaired) electrons. The van der Waals surface area contributed by atoms with Crippen molar-refractivity contribution >= 4 is 5.95 Å². The number of aromatic amines is 1. The molecule has 2 heterocycles. The molecule has 0 saturated carbocycles. The first-order valence-electron chi connectivity index (χ1n) is 6.87. The number of hydrogen-bond donors (Lipinski definition) is 2. The zero-order valence-electron chi connectivity index (χ0n) is 12.8. The number of nitrogen functional groups attached to an aromatic ring is 1. The molecule has 3 N–H and O–H groups in total. The first-order valence-corrected chi connectivity index (χ1v) is 6.87. The summed E-state index contributed by atoms with van der Waals surface area (Å²) in [5, 5.41) is 0. The number of anilines is 1. The van der Waals surface area contributed by atoms with Crippen molar-refractivity contribution < 1.29 is 9.47 Å². The van der Waals surface area contributed by atoms with Crippen LogP contribution in [-0.4, -0.2) is 33.9 Å². The van der Waals surface area contributed by atoms with Gasteiger partial charge >= 0.3 is 0 Å². The van der Waals surface area contributed by atoms with Crippen LogP contribution in [0.3, 0.4) is 0 Å². The van der Waals surface area contributed by atoms with Crippen LogP contribution in [0.5, 0.6) is 0 Å². The summed E-state index contributed by atoms with van der Waals surface area (Å²) in [7, 11) is 0. The van der Waals surface area contributed by atoms with Gasteiger partial charge in [-0.25, -0.2) is 4.98 Å². The van der Waals surface area contributed by atoms with E-state index in [9.17, 15) is 4.79 Å². The van der Waals surface area contributed by atoms with Gasteiger partial charge in [0.25, 0.3) is 5.56 Å². The Labute approximate surface area is 124 Å². The molecular weight excluding hydrogens is 270 g/mol. The highest BCUT2D eigenvalue weighted by molar-refractivity contribution is 5.32. The van der Waals surface area contributed by atoms with Gasteiger partial charge in [0.05, 0.1) is 30.1 Å². The average Bonchev–Trinajstić information content (AvgIpc) is 2.36. The van der Waals surface area contributed by atoms with Crippen LogP contribution in [0.4, 0.5) is 5.95 Å². The molecule has 1 aliphatic heterocycles. The van der Waals surface area contributed by atoms with E-state index in [0.29, 0.717) is 18.6 Å². The second-order valence-corrected chi connectivity index (χ2v) is 6.09. The third kappa shape index (κ3) is 3.43. The van der Waals surface area contributed by atoms with Gasteiger partial charge in [0.15, 0.2) is 5.95 Å². The summed E-state index contributed by atoms with van der Waals surface area (Å²) in [6.07, 6.45) is 1.75. The molecule has 1 fully saturated rings. The Balaban J connectivity index is 2.02. The largest absolute Gasteiger partial charge is 0.370 e. The molecule has 6 heteroatoms. The van der Waals surface area contributed by atoms with Crippen LogP contribution in [0.15, 0.2) is 11.0 Å². The maximum absolute atomic E-state index is 11.6. The lowest BCUT2D eigenvalue weighted by atomic mass is 9.87. The predicted octanol–water partition coefficient (Wildman–Crippen LogP) is 1.07. The highest BCUT2D eigenvalue weighted by Gasteiger charge is 2.44. The monoisotopic (exact) mass is 291 g/mol. The molecule has 6 nitrogen and oxygen atoms in total. The quantitative estimate of drug-likeness (QED) is 0.755. The van der Waals surface area contributed by atoms with E-state index < -0.39 is 5.60 Å². The van der Waals surface area contributed by atoms with Gasteiger partial charge in [0.2, 0.25) is 0 Å². The zero-order chi connectivity index (χ0) is 15.7. The van der Waals surface area contributed by atoms with E-state index in [1.54, 1.807) is 0 Å². The number of nitrogens with two attached hydrogens (primary N) is 1. The maximum atomic E-state index is 11.6. The van der Waals surface area contributed by atoms with E-state index in [1.807, 2.05) is 27.7 Å². The van der Waals surface area contributed by atoms with E-state index in [0.717, 1.165) is 0 Å². The number of nitrogens with one attached hydrogen (secondary N) is 1. The minimum Gasteiger partial charge on any atom is -0.370 e. The Hall–Kier alpha value is -1.84. The number of rotatable bonds is 1. The van der Waals surface area contributed by atoms with Crippen molar-refractivity contribution in [2.45, 2.75) is 51.4 Å². The van der Waals surface area contributed by atoms with Crippen LogP contribution in [0.25, 0.3) is 0 Å². The van der Waals surface area contributed by atoms with Crippen LogP contribution in [0, 0.1) is 11.8 Å². The molecule has 114 valence electrons. The summed E-state index contributed by atoms with van der Waals surface area (Å²) < 4.78 is 11.9. The number of ether oxygens (including phenoxy) is 2. The second-order valence-electron chi connectivity index (χ2n) is 6.09. The van der Waals surface area contributed by atoms with Crippen LogP contribution in [-0.2, 0) is 9.47 Å². The van der Waals surface area contributed by atoms with E-state index in [2.05, 4.69) is 21.8 Å². The van der Waals surface area contributed by atoms with Crippen LogP contribution >= 0.6 is 0 Å². The predicted molar refractivity (Wildman–Crippen MR) is 79.7 cm³/mol. The van der Waals surface area contributed by atoms with Crippen molar-refractivity contribution in [1.29, 1.82) is 0 Å². The molecular formula is C15H21N3O3. The van der Waals surface area contributed by atoms with Crippen molar-refractivity contribution in [2.24, 2.45) is 0 Å². The Morgan fingerprint density at radius 1 is 1.43 bits per heavy atom. The first-order chi connectivity index (χ1) is 9.71. The van der Waals surface area contributed by atoms with Gasteiger partial charge in [-0.2, -0.15) is 0 Å². The van der Waals surface area contributed by atoms with E-state index in [4.69, 9.17) is 15.2 Å². The van der Waals surface area contributed by atoms with Gasteiger partial charge < -0.3 is 15.2 Å². The SMILES string of the molecule is CC1(C)OCC(CC#Cc2cnc(N)[nH]c2=O)OC1(C)C. The van der Waals surface area contributed by atoms with Crippen molar-refractivity contribution in [3.05, 3.63) is 22.1 Å². The summed E-state index contributed by atoms with van der Waals surface area (Å²) in [5.74, 6) is 5.81. The number of H-pyrrole nitrogens is 1. The maximum Gasteiger partial charge on any atom is 0.268 e. The van der Waals surface area contributed by atoms with Gasteiger partial charge in [0.1, 0.15) is 5.56 Å².